The number of aliphatic hydroxyl groups is 2. The second kappa shape index (κ2) is 58.4. The molecule has 0 spiro atoms. The van der Waals surface area contributed by atoms with Gasteiger partial charge in [0, 0.05) is 12.8 Å². The summed E-state index contributed by atoms with van der Waals surface area (Å²) in [4.78, 5) is 24.5. The van der Waals surface area contributed by atoms with Crippen LogP contribution in [-0.4, -0.2) is 47.4 Å². The van der Waals surface area contributed by atoms with Crippen molar-refractivity contribution in [3.05, 3.63) is 48.6 Å². The monoisotopic (exact) mass is 968 g/mol. The molecule has 0 aromatic rings. The van der Waals surface area contributed by atoms with Crippen LogP contribution < -0.4 is 5.32 Å². The Bertz CT molecular complexity index is 1160. The molecular weight excluding hydrogens is 851 g/mol. The van der Waals surface area contributed by atoms with Crippen LogP contribution in [0, 0.1) is 0 Å². The molecule has 0 bridgehead atoms. The van der Waals surface area contributed by atoms with Crippen LogP contribution in [0.15, 0.2) is 48.6 Å². The molecule has 0 aliphatic carbocycles. The molecule has 1 amide bonds. The molecule has 0 aliphatic heterocycles. The van der Waals surface area contributed by atoms with Crippen LogP contribution in [0.4, 0.5) is 0 Å². The normalized spacial score (nSPS) is 12.9. The number of rotatable bonds is 56. The Labute approximate surface area is 429 Å². The average molecular weight is 969 g/mol. The van der Waals surface area contributed by atoms with E-state index in [1.54, 1.807) is 0 Å². The first kappa shape index (κ1) is 66.8. The third-order valence-electron chi connectivity index (χ3n) is 13.9. The SMILES string of the molecule is CCCC/C=C\C/C=C\CCCCCCCC(=O)OCCCCCCCCCCC/C=C\C/C=C\CCCCCCCCCCCC(=O)NC(CO)C(O)CCCCCCCCCCCCCCC. The van der Waals surface area contributed by atoms with E-state index >= 15 is 0 Å². The van der Waals surface area contributed by atoms with Gasteiger partial charge in [0.25, 0.3) is 0 Å². The standard InChI is InChI=1S/C63H117NO5/c1-3-5-7-9-11-13-15-17-33-37-41-45-49-53-57-63(68)69-58-54-50-46-42-38-34-30-28-26-24-22-20-18-19-21-23-25-27-29-32-36-40-44-48-52-56-62(67)64-60(59-65)61(66)55-51-47-43-39-35-31-16-14-12-10-8-6-4-2/h9,11,15,17,19-22,60-61,65-66H,3-8,10,12-14,16,18,23-59H2,1-2H3,(H,64,67)/b11-9-,17-15-,21-19-,22-20-. The first-order chi connectivity index (χ1) is 34.0. The van der Waals surface area contributed by atoms with E-state index in [1.165, 1.54) is 225 Å². The number of esters is 1. The maximum Gasteiger partial charge on any atom is 0.305 e. The van der Waals surface area contributed by atoms with Crippen molar-refractivity contribution in [1.82, 2.24) is 5.32 Å². The number of hydrogen-bond acceptors (Lipinski definition) is 5. The van der Waals surface area contributed by atoms with E-state index in [-0.39, 0.29) is 18.5 Å². The Morgan fingerprint density at radius 1 is 0.406 bits per heavy atom. The van der Waals surface area contributed by atoms with Crippen LogP contribution in [-0.2, 0) is 14.3 Å². The first-order valence-corrected chi connectivity index (χ1v) is 30.4. The van der Waals surface area contributed by atoms with Crippen LogP contribution in [0.2, 0.25) is 0 Å². The van der Waals surface area contributed by atoms with Gasteiger partial charge >= 0.3 is 5.97 Å². The smallest absolute Gasteiger partial charge is 0.305 e. The lowest BCUT2D eigenvalue weighted by Gasteiger charge is -2.22. The van der Waals surface area contributed by atoms with Crippen molar-refractivity contribution in [1.29, 1.82) is 0 Å². The van der Waals surface area contributed by atoms with E-state index in [4.69, 9.17) is 4.74 Å². The van der Waals surface area contributed by atoms with Gasteiger partial charge in [-0.3, -0.25) is 9.59 Å². The molecule has 2 unspecified atom stereocenters. The lowest BCUT2D eigenvalue weighted by atomic mass is 10.0. The highest BCUT2D eigenvalue weighted by atomic mass is 16.5. The van der Waals surface area contributed by atoms with Crippen molar-refractivity contribution >= 4 is 11.9 Å². The van der Waals surface area contributed by atoms with Gasteiger partial charge < -0.3 is 20.3 Å². The minimum atomic E-state index is -0.668. The largest absolute Gasteiger partial charge is 0.466 e. The molecular formula is C63H117NO5. The number of allylic oxidation sites excluding steroid dienone is 8. The molecule has 0 aliphatic rings. The Morgan fingerprint density at radius 3 is 1.14 bits per heavy atom. The first-order valence-electron chi connectivity index (χ1n) is 30.4. The van der Waals surface area contributed by atoms with Gasteiger partial charge in [-0.05, 0) is 83.5 Å². The molecule has 0 fully saturated rings. The quantitative estimate of drug-likeness (QED) is 0.0321. The predicted molar refractivity (Wildman–Crippen MR) is 301 cm³/mol. The van der Waals surface area contributed by atoms with Crippen molar-refractivity contribution in [2.45, 2.75) is 328 Å². The van der Waals surface area contributed by atoms with Gasteiger partial charge in [-0.15, -0.1) is 0 Å². The molecule has 404 valence electrons. The Hall–Kier alpha value is -2.18. The van der Waals surface area contributed by atoms with E-state index in [2.05, 4.69) is 67.8 Å². The molecule has 6 nitrogen and oxygen atoms in total. The highest BCUT2D eigenvalue weighted by molar-refractivity contribution is 5.76. The summed E-state index contributed by atoms with van der Waals surface area (Å²) in [7, 11) is 0. The lowest BCUT2D eigenvalue weighted by molar-refractivity contribution is -0.143. The number of aliphatic hydroxyl groups excluding tert-OH is 2. The molecule has 6 heteroatoms. The molecule has 2 atom stereocenters. The lowest BCUT2D eigenvalue weighted by Crippen LogP contribution is -2.45. The van der Waals surface area contributed by atoms with Crippen molar-refractivity contribution in [3.63, 3.8) is 0 Å². The molecule has 0 saturated carbocycles. The fourth-order valence-corrected chi connectivity index (χ4v) is 9.16. The fourth-order valence-electron chi connectivity index (χ4n) is 9.16. The fraction of sp³-hybridized carbons (Fsp3) is 0.841. The van der Waals surface area contributed by atoms with Crippen molar-refractivity contribution in [2.75, 3.05) is 13.2 Å². The van der Waals surface area contributed by atoms with E-state index in [9.17, 15) is 19.8 Å². The van der Waals surface area contributed by atoms with Crippen molar-refractivity contribution in [3.8, 4) is 0 Å². The molecule has 69 heavy (non-hydrogen) atoms. The predicted octanol–water partition coefficient (Wildman–Crippen LogP) is 19.0. The maximum atomic E-state index is 12.5. The minimum absolute atomic E-state index is 0.00605. The Kier molecular flexibility index (Phi) is 56.5. The van der Waals surface area contributed by atoms with E-state index in [1.807, 2.05) is 0 Å². The third kappa shape index (κ3) is 55.0. The van der Waals surface area contributed by atoms with Crippen LogP contribution in [0.3, 0.4) is 0 Å². The summed E-state index contributed by atoms with van der Waals surface area (Å²) < 4.78 is 5.47. The highest BCUT2D eigenvalue weighted by Gasteiger charge is 2.20. The van der Waals surface area contributed by atoms with Gasteiger partial charge in [-0.2, -0.15) is 0 Å². The van der Waals surface area contributed by atoms with Crippen molar-refractivity contribution in [2.24, 2.45) is 0 Å². The molecule has 0 rings (SSSR count). The van der Waals surface area contributed by atoms with Gasteiger partial charge in [0.05, 0.1) is 25.4 Å². The summed E-state index contributed by atoms with van der Waals surface area (Å²) in [5.74, 6) is -0.0474. The summed E-state index contributed by atoms with van der Waals surface area (Å²) in [5, 5.41) is 23.2. The van der Waals surface area contributed by atoms with E-state index < -0.39 is 12.1 Å². The van der Waals surface area contributed by atoms with Crippen molar-refractivity contribution < 1.29 is 24.5 Å². The molecule has 0 saturated heterocycles. The van der Waals surface area contributed by atoms with Crippen LogP contribution in [0.5, 0.6) is 0 Å². The number of carbonyl (C=O) groups excluding carboxylic acids is 2. The van der Waals surface area contributed by atoms with Gasteiger partial charge in [0.15, 0.2) is 0 Å². The second-order valence-corrected chi connectivity index (χ2v) is 20.7. The number of unbranched alkanes of at least 4 members (excludes halogenated alkanes) is 37. The Balaban J connectivity index is 3.44. The molecule has 0 radical (unpaired) electrons. The molecule has 0 heterocycles. The van der Waals surface area contributed by atoms with Gasteiger partial charge in [0.1, 0.15) is 0 Å². The molecule has 0 aromatic heterocycles. The number of amides is 1. The summed E-state index contributed by atoms with van der Waals surface area (Å²) in [6.07, 6.45) is 74.0. The zero-order valence-corrected chi connectivity index (χ0v) is 46.0. The van der Waals surface area contributed by atoms with E-state index in [0.29, 0.717) is 25.9 Å². The summed E-state index contributed by atoms with van der Waals surface area (Å²) in [5.41, 5.74) is 0. The summed E-state index contributed by atoms with van der Waals surface area (Å²) in [6.45, 7) is 4.90. The van der Waals surface area contributed by atoms with Gasteiger partial charge in [0.2, 0.25) is 5.91 Å². The third-order valence-corrected chi connectivity index (χ3v) is 13.9. The zero-order valence-electron chi connectivity index (χ0n) is 46.0. The number of carbonyl (C=O) groups is 2. The summed E-state index contributed by atoms with van der Waals surface area (Å²) >= 11 is 0. The van der Waals surface area contributed by atoms with Gasteiger partial charge in [-0.25, -0.2) is 0 Å². The summed E-state index contributed by atoms with van der Waals surface area (Å²) in [6, 6.07) is -0.546. The molecule has 3 N–H and O–H groups in total. The van der Waals surface area contributed by atoms with Crippen LogP contribution in [0.1, 0.15) is 316 Å². The number of ether oxygens (including phenoxy) is 1. The zero-order chi connectivity index (χ0) is 50.0. The Morgan fingerprint density at radius 2 is 0.739 bits per heavy atom. The van der Waals surface area contributed by atoms with Gasteiger partial charge in [-0.1, -0.05) is 268 Å². The maximum absolute atomic E-state index is 12.5. The van der Waals surface area contributed by atoms with Crippen LogP contribution >= 0.6 is 0 Å². The topological polar surface area (TPSA) is 95.9 Å². The molecule has 0 aromatic carbocycles. The number of nitrogens with one attached hydrogen (secondary N) is 1. The van der Waals surface area contributed by atoms with Crippen LogP contribution in [0.25, 0.3) is 0 Å². The van der Waals surface area contributed by atoms with E-state index in [0.717, 1.165) is 57.8 Å². The second-order valence-electron chi connectivity index (χ2n) is 20.7. The highest BCUT2D eigenvalue weighted by Crippen LogP contribution is 2.17. The minimum Gasteiger partial charge on any atom is -0.466 e. The average Bonchev–Trinajstić information content (AvgIpc) is 3.35. The number of hydrogen-bond donors (Lipinski definition) is 3.